The molecule has 0 amide bonds. The van der Waals surface area contributed by atoms with E-state index < -0.39 is 0 Å². The van der Waals surface area contributed by atoms with E-state index in [1.165, 1.54) is 0 Å². The van der Waals surface area contributed by atoms with Crippen molar-refractivity contribution in [3.8, 4) is 11.1 Å². The van der Waals surface area contributed by atoms with Gasteiger partial charge in [0.25, 0.3) is 0 Å². The number of nitrogens with one attached hydrogen (secondary N) is 1. The lowest BCUT2D eigenvalue weighted by molar-refractivity contribution is 0.810. The van der Waals surface area contributed by atoms with Crippen molar-refractivity contribution in [3.05, 3.63) is 72.3 Å². The zero-order valence-electron chi connectivity index (χ0n) is 15.1. The van der Waals surface area contributed by atoms with Gasteiger partial charge in [0, 0.05) is 35.4 Å². The van der Waals surface area contributed by atoms with Crippen molar-refractivity contribution in [2.45, 2.75) is 26.7 Å². The second-order valence-electron chi connectivity index (χ2n) is 6.64. The number of hydrogen-bond acceptors (Lipinski definition) is 4. The van der Waals surface area contributed by atoms with E-state index in [4.69, 9.17) is 10.1 Å². The second-order valence-corrected chi connectivity index (χ2v) is 6.64. The molecule has 0 aliphatic rings. The van der Waals surface area contributed by atoms with Crippen LogP contribution in [0.3, 0.4) is 0 Å². The van der Waals surface area contributed by atoms with Gasteiger partial charge in [0.15, 0.2) is 5.65 Å². The Balaban J connectivity index is 1.94. The molecule has 130 valence electrons. The van der Waals surface area contributed by atoms with Crippen LogP contribution in [0.5, 0.6) is 0 Å². The maximum atomic E-state index is 4.92. The fraction of sp³-hybridized carbons (Fsp3) is 0.190. The Morgan fingerprint density at radius 1 is 1.00 bits per heavy atom. The summed E-state index contributed by atoms with van der Waals surface area (Å²) in [6, 6.07) is 16.3. The van der Waals surface area contributed by atoms with Gasteiger partial charge in [-0.25, -0.2) is 4.98 Å². The third-order valence-electron chi connectivity index (χ3n) is 4.39. The van der Waals surface area contributed by atoms with Gasteiger partial charge in [0.05, 0.1) is 5.69 Å². The second kappa shape index (κ2) is 6.59. The summed E-state index contributed by atoms with van der Waals surface area (Å²) in [5, 5.41) is 8.22. The van der Waals surface area contributed by atoms with Gasteiger partial charge in [-0.2, -0.15) is 9.61 Å². The Hall–Kier alpha value is -3.21. The predicted octanol–water partition coefficient (Wildman–Crippen LogP) is 4.97. The Labute approximate surface area is 152 Å². The van der Waals surface area contributed by atoms with Crippen molar-refractivity contribution in [3.63, 3.8) is 0 Å². The number of aromatic nitrogens is 4. The number of pyridine rings is 1. The SMILES string of the molecule is Cc1nn2c(Nc3ccncc3)cc(C(C)C)nc2c1-c1ccccc1. The summed E-state index contributed by atoms with van der Waals surface area (Å²) < 4.78 is 1.89. The van der Waals surface area contributed by atoms with E-state index in [0.29, 0.717) is 5.92 Å². The molecule has 0 bridgehead atoms. The Morgan fingerprint density at radius 2 is 1.73 bits per heavy atom. The van der Waals surface area contributed by atoms with E-state index in [-0.39, 0.29) is 0 Å². The molecule has 0 aliphatic carbocycles. The molecule has 4 aromatic rings. The molecular weight excluding hydrogens is 322 g/mol. The first-order valence-electron chi connectivity index (χ1n) is 8.76. The van der Waals surface area contributed by atoms with Crippen molar-refractivity contribution in [2.24, 2.45) is 0 Å². The van der Waals surface area contributed by atoms with Crippen LogP contribution in [0.15, 0.2) is 60.9 Å². The van der Waals surface area contributed by atoms with Gasteiger partial charge in [-0.1, -0.05) is 44.2 Å². The van der Waals surface area contributed by atoms with Crippen molar-refractivity contribution >= 4 is 17.2 Å². The van der Waals surface area contributed by atoms with E-state index in [0.717, 1.165) is 39.7 Å². The molecule has 5 heteroatoms. The van der Waals surface area contributed by atoms with Crippen LogP contribution < -0.4 is 5.32 Å². The highest BCUT2D eigenvalue weighted by Gasteiger charge is 2.17. The molecule has 26 heavy (non-hydrogen) atoms. The normalized spacial score (nSPS) is 11.2. The minimum atomic E-state index is 0.316. The maximum absolute atomic E-state index is 4.92. The summed E-state index contributed by atoms with van der Waals surface area (Å²) in [6.45, 7) is 6.34. The molecule has 0 spiro atoms. The molecule has 1 aromatic carbocycles. The van der Waals surface area contributed by atoms with Crippen molar-refractivity contribution in [2.75, 3.05) is 5.32 Å². The van der Waals surface area contributed by atoms with Crippen LogP contribution in [-0.4, -0.2) is 19.6 Å². The summed E-state index contributed by atoms with van der Waals surface area (Å²) in [6.07, 6.45) is 3.54. The van der Waals surface area contributed by atoms with Gasteiger partial charge >= 0.3 is 0 Å². The summed E-state index contributed by atoms with van der Waals surface area (Å²) in [4.78, 5) is 9.00. The third-order valence-corrected chi connectivity index (χ3v) is 4.39. The number of aryl methyl sites for hydroxylation is 1. The highest BCUT2D eigenvalue weighted by molar-refractivity contribution is 5.81. The first-order valence-corrected chi connectivity index (χ1v) is 8.76. The van der Waals surface area contributed by atoms with E-state index in [1.54, 1.807) is 12.4 Å². The van der Waals surface area contributed by atoms with E-state index >= 15 is 0 Å². The van der Waals surface area contributed by atoms with Gasteiger partial charge in [0.2, 0.25) is 0 Å². The van der Waals surface area contributed by atoms with Crippen LogP contribution in [0.1, 0.15) is 31.2 Å². The summed E-state index contributed by atoms with van der Waals surface area (Å²) >= 11 is 0. The van der Waals surface area contributed by atoms with Crippen LogP contribution >= 0.6 is 0 Å². The number of anilines is 2. The molecule has 3 heterocycles. The Morgan fingerprint density at radius 3 is 2.42 bits per heavy atom. The van der Waals surface area contributed by atoms with Gasteiger partial charge in [0.1, 0.15) is 5.82 Å². The molecule has 1 N–H and O–H groups in total. The minimum absolute atomic E-state index is 0.316. The summed E-state index contributed by atoms with van der Waals surface area (Å²) in [5.74, 6) is 1.21. The molecule has 0 saturated carbocycles. The molecular formula is C21H21N5. The molecule has 0 aliphatic heterocycles. The predicted molar refractivity (Wildman–Crippen MR) is 105 cm³/mol. The molecule has 0 fully saturated rings. The lowest BCUT2D eigenvalue weighted by Crippen LogP contribution is -2.05. The van der Waals surface area contributed by atoms with Crippen LogP contribution in [0.2, 0.25) is 0 Å². The van der Waals surface area contributed by atoms with Crippen LogP contribution in [0.4, 0.5) is 11.5 Å². The topological polar surface area (TPSA) is 55.1 Å². The number of fused-ring (bicyclic) bond motifs is 1. The number of nitrogens with zero attached hydrogens (tertiary/aromatic N) is 4. The van der Waals surface area contributed by atoms with Gasteiger partial charge < -0.3 is 5.32 Å². The summed E-state index contributed by atoms with van der Waals surface area (Å²) in [5.41, 5.74) is 6.04. The van der Waals surface area contributed by atoms with Gasteiger partial charge in [-0.3, -0.25) is 4.98 Å². The zero-order valence-corrected chi connectivity index (χ0v) is 15.1. The van der Waals surface area contributed by atoms with Crippen molar-refractivity contribution in [1.29, 1.82) is 0 Å². The first kappa shape index (κ1) is 16.3. The third kappa shape index (κ3) is 2.92. The molecule has 0 radical (unpaired) electrons. The van der Waals surface area contributed by atoms with Crippen LogP contribution in [0, 0.1) is 6.92 Å². The number of benzene rings is 1. The molecule has 4 rings (SSSR count). The van der Waals surface area contributed by atoms with Crippen molar-refractivity contribution < 1.29 is 0 Å². The fourth-order valence-corrected chi connectivity index (χ4v) is 3.05. The first-order chi connectivity index (χ1) is 12.6. The van der Waals surface area contributed by atoms with E-state index in [9.17, 15) is 0 Å². The largest absolute Gasteiger partial charge is 0.340 e. The number of hydrogen-bond donors (Lipinski definition) is 1. The molecule has 0 unspecified atom stereocenters. The molecule has 0 saturated heterocycles. The molecule has 0 atom stereocenters. The van der Waals surface area contributed by atoms with E-state index in [2.05, 4.69) is 42.3 Å². The monoisotopic (exact) mass is 343 g/mol. The van der Waals surface area contributed by atoms with Crippen LogP contribution in [0.25, 0.3) is 16.8 Å². The van der Waals surface area contributed by atoms with Gasteiger partial charge in [-0.15, -0.1) is 0 Å². The Kier molecular flexibility index (Phi) is 4.13. The minimum Gasteiger partial charge on any atom is -0.340 e. The lowest BCUT2D eigenvalue weighted by Gasteiger charge is -2.12. The smallest absolute Gasteiger partial charge is 0.165 e. The average molecular weight is 343 g/mol. The zero-order chi connectivity index (χ0) is 18.1. The highest BCUT2D eigenvalue weighted by atomic mass is 15.3. The molecule has 3 aromatic heterocycles. The standard InChI is InChI=1S/C21H21N5/c1-14(2)18-13-19(23-17-9-11-22-12-10-17)26-21(24-18)20(15(3)25-26)16-7-5-4-6-8-16/h4-14H,1-3H3,(H,22,23). The quantitative estimate of drug-likeness (QED) is 0.568. The maximum Gasteiger partial charge on any atom is 0.165 e. The van der Waals surface area contributed by atoms with Gasteiger partial charge in [-0.05, 0) is 30.5 Å². The number of rotatable bonds is 4. The average Bonchev–Trinajstić information content (AvgIpc) is 2.99. The Bertz CT molecular complexity index is 1040. The van der Waals surface area contributed by atoms with E-state index in [1.807, 2.05) is 41.8 Å². The summed E-state index contributed by atoms with van der Waals surface area (Å²) in [7, 11) is 0. The van der Waals surface area contributed by atoms with Crippen molar-refractivity contribution in [1.82, 2.24) is 19.6 Å². The fourth-order valence-electron chi connectivity index (χ4n) is 3.05. The highest BCUT2D eigenvalue weighted by Crippen LogP contribution is 2.31. The molecule has 5 nitrogen and oxygen atoms in total. The van der Waals surface area contributed by atoms with Crippen LogP contribution in [-0.2, 0) is 0 Å². The lowest BCUT2D eigenvalue weighted by atomic mass is 10.1.